The van der Waals surface area contributed by atoms with Crippen molar-refractivity contribution in [2.75, 3.05) is 0 Å². The van der Waals surface area contributed by atoms with Gasteiger partial charge in [-0.2, -0.15) is 0 Å². The number of hydrogen-bond donors (Lipinski definition) is 0. The predicted octanol–water partition coefficient (Wildman–Crippen LogP) is 2.03. The van der Waals surface area contributed by atoms with Crippen LogP contribution in [-0.2, 0) is 31.3 Å². The van der Waals surface area contributed by atoms with Gasteiger partial charge in [0, 0.05) is 22.9 Å². The van der Waals surface area contributed by atoms with Crippen LogP contribution in [0.25, 0.3) is 6.08 Å². The number of carbonyl (C=O) groups excluding carboxylic acids is 1. The van der Waals surface area contributed by atoms with Gasteiger partial charge in [0.05, 0.1) is 0 Å². The average Bonchev–Trinajstić information content (AvgIpc) is 2.45. The van der Waals surface area contributed by atoms with E-state index in [0.717, 1.165) is 11.8 Å². The van der Waals surface area contributed by atoms with Gasteiger partial charge in [0.1, 0.15) is 0 Å². The Morgan fingerprint density at radius 1 is 0.941 bits per heavy atom. The van der Waals surface area contributed by atoms with Crippen LogP contribution in [0.5, 0.6) is 0 Å². The van der Waals surface area contributed by atoms with E-state index in [1.54, 1.807) is 12.1 Å². The Balaban J connectivity index is -0.000000106. The molecular formula is C12H8CrO4. The zero-order chi connectivity index (χ0) is 13.4. The topological polar surface area (TPSA) is 76.8 Å². The van der Waals surface area contributed by atoms with E-state index in [9.17, 15) is 4.79 Å². The fourth-order valence-electron chi connectivity index (χ4n) is 0.804. The minimum Gasteiger partial charge on any atom is 0 e. The molecular weight excluding hydrogens is 260 g/mol. The Labute approximate surface area is 111 Å². The molecule has 0 fully saturated rings. The first-order valence-electron chi connectivity index (χ1n) is 3.66. The van der Waals surface area contributed by atoms with E-state index < -0.39 is 0 Å². The molecule has 5 heteroatoms. The Morgan fingerprint density at radius 3 is 1.53 bits per heavy atom. The largest absolute Gasteiger partial charge is 0 e. The molecule has 0 aromatic heterocycles. The Bertz CT molecular complexity index is 325. The van der Waals surface area contributed by atoms with Crippen molar-refractivity contribution >= 4 is 12.4 Å². The van der Waals surface area contributed by atoms with Crippen molar-refractivity contribution in [1.29, 1.82) is 0 Å². The van der Waals surface area contributed by atoms with Gasteiger partial charge < -0.3 is 0 Å². The van der Waals surface area contributed by atoms with Gasteiger partial charge in [-0.3, -0.25) is 4.79 Å². The maximum absolute atomic E-state index is 10.3. The summed E-state index contributed by atoms with van der Waals surface area (Å²) in [6.07, 6.45) is 2.50. The van der Waals surface area contributed by atoms with Crippen molar-refractivity contribution in [2.45, 2.75) is 0 Å². The van der Waals surface area contributed by atoms with Crippen LogP contribution >= 0.6 is 0 Å². The van der Waals surface area contributed by atoms with E-state index in [-0.39, 0.29) is 17.4 Å². The molecule has 1 rings (SSSR count). The number of hydrogen-bond acceptors (Lipinski definition) is 1. The first-order chi connectivity index (χ1) is 7.88. The maximum atomic E-state index is 10.3. The molecule has 0 heterocycles. The van der Waals surface area contributed by atoms with Crippen molar-refractivity contribution in [2.24, 2.45) is 0 Å². The second-order valence-electron chi connectivity index (χ2n) is 1.95. The smallest absolute Gasteiger partial charge is 0 e. The van der Waals surface area contributed by atoms with E-state index in [1.807, 2.05) is 18.2 Å². The zero-order valence-electron chi connectivity index (χ0n) is 8.71. The third-order valence-corrected chi connectivity index (χ3v) is 1.34. The van der Waals surface area contributed by atoms with Crippen LogP contribution in [-0.4, -0.2) is 6.29 Å². The van der Waals surface area contributed by atoms with Gasteiger partial charge in [-0.25, -0.2) is 0 Å². The van der Waals surface area contributed by atoms with Gasteiger partial charge in [0.2, 0.25) is 0 Å². The molecule has 1 aromatic carbocycles. The second-order valence-corrected chi connectivity index (χ2v) is 1.95. The summed E-state index contributed by atoms with van der Waals surface area (Å²) < 4.78 is 22.5. The summed E-state index contributed by atoms with van der Waals surface area (Å²) in [6.45, 7) is 17.1. The summed E-state index contributed by atoms with van der Waals surface area (Å²) in [5.74, 6) is 0. The van der Waals surface area contributed by atoms with Gasteiger partial charge in [0.15, 0.2) is 6.29 Å². The van der Waals surface area contributed by atoms with Gasteiger partial charge in [-0.1, -0.05) is 36.9 Å². The summed E-state index contributed by atoms with van der Waals surface area (Å²) in [4.78, 5) is 10.3. The van der Waals surface area contributed by atoms with Gasteiger partial charge >= 0.3 is 33.9 Å². The normalized spacial score (nSPS) is 5.53. The molecule has 0 amide bonds. The first kappa shape index (κ1) is 24.6. The standard InChI is InChI=1S/C9H8O.3CO.Cr/c1-2-8-5-3-4-6-9(8)7-10;3*1-2;/h2-7H,1H2;;;;. The minimum absolute atomic E-state index is 0. The predicted molar refractivity (Wildman–Crippen MR) is 53.7 cm³/mol. The van der Waals surface area contributed by atoms with Crippen molar-refractivity contribution in [3.05, 3.63) is 61.9 Å². The van der Waals surface area contributed by atoms with Gasteiger partial charge in [-0.15, -0.1) is 0 Å². The van der Waals surface area contributed by atoms with Crippen LogP contribution in [0.2, 0.25) is 0 Å². The molecule has 0 spiro atoms. The fourth-order valence-corrected chi connectivity index (χ4v) is 0.804. The third kappa shape index (κ3) is 12.3. The molecule has 0 atom stereocenters. The van der Waals surface area contributed by atoms with Crippen LogP contribution < -0.4 is 0 Å². The second kappa shape index (κ2) is 23.9. The molecule has 0 radical (unpaired) electrons. The molecule has 0 N–H and O–H groups in total. The van der Waals surface area contributed by atoms with Gasteiger partial charge in [0.25, 0.3) is 0 Å². The number of carbonyl (C=O) groups is 1. The van der Waals surface area contributed by atoms with Crippen LogP contribution in [0.15, 0.2) is 30.8 Å². The summed E-state index contributed by atoms with van der Waals surface area (Å²) in [5.41, 5.74) is 1.58. The SMILES string of the molecule is C=Cc1ccccc1C=O.[C-]#[O+].[C-]#[O+].[C-]#[O+].[Cr]. The van der Waals surface area contributed by atoms with Crippen molar-refractivity contribution in [1.82, 2.24) is 0 Å². The van der Waals surface area contributed by atoms with Crippen LogP contribution in [0.3, 0.4) is 0 Å². The molecule has 0 aliphatic rings. The van der Waals surface area contributed by atoms with Gasteiger partial charge in [-0.05, 0) is 5.56 Å². The van der Waals surface area contributed by atoms with E-state index in [4.69, 9.17) is 14.0 Å². The number of aldehydes is 1. The van der Waals surface area contributed by atoms with Crippen LogP contribution in [0.4, 0.5) is 0 Å². The molecule has 0 bridgehead atoms. The van der Waals surface area contributed by atoms with E-state index in [1.165, 1.54) is 0 Å². The molecule has 0 unspecified atom stereocenters. The van der Waals surface area contributed by atoms with Crippen molar-refractivity contribution in [3.8, 4) is 0 Å². The molecule has 4 nitrogen and oxygen atoms in total. The molecule has 0 aliphatic heterocycles. The monoisotopic (exact) mass is 268 g/mol. The summed E-state index contributed by atoms with van der Waals surface area (Å²) in [5, 5.41) is 0. The molecule has 17 heavy (non-hydrogen) atoms. The number of rotatable bonds is 2. The van der Waals surface area contributed by atoms with Crippen molar-refractivity contribution in [3.63, 3.8) is 0 Å². The minimum atomic E-state index is 0. The molecule has 0 saturated carbocycles. The molecule has 1 aromatic rings. The van der Waals surface area contributed by atoms with E-state index in [2.05, 4.69) is 26.5 Å². The zero-order valence-corrected chi connectivity index (χ0v) is 9.99. The third-order valence-electron chi connectivity index (χ3n) is 1.34. The van der Waals surface area contributed by atoms with E-state index >= 15 is 0 Å². The molecule has 0 saturated heterocycles. The van der Waals surface area contributed by atoms with E-state index in [0.29, 0.717) is 5.56 Å². The number of benzene rings is 1. The summed E-state index contributed by atoms with van der Waals surface area (Å²) >= 11 is 0. The summed E-state index contributed by atoms with van der Waals surface area (Å²) in [7, 11) is 0. The Kier molecular flexibility index (Phi) is 34.5. The van der Waals surface area contributed by atoms with Crippen LogP contribution in [0.1, 0.15) is 15.9 Å². The summed E-state index contributed by atoms with van der Waals surface area (Å²) in [6, 6.07) is 7.33. The maximum Gasteiger partial charge on any atom is 0 e. The molecule has 0 aliphatic carbocycles. The quantitative estimate of drug-likeness (QED) is 0.459. The Hall–Kier alpha value is -1.62. The van der Waals surface area contributed by atoms with Crippen LogP contribution in [0, 0.1) is 20.0 Å². The van der Waals surface area contributed by atoms with Crippen molar-refractivity contribution < 1.29 is 36.1 Å². The average molecular weight is 268 g/mol. The molecule has 86 valence electrons. The first-order valence-corrected chi connectivity index (χ1v) is 3.66. The fraction of sp³-hybridized carbons (Fsp3) is 0. The Morgan fingerprint density at radius 2 is 1.29 bits per heavy atom.